The summed E-state index contributed by atoms with van der Waals surface area (Å²) in [5.74, 6) is 0. The van der Waals surface area contributed by atoms with Crippen LogP contribution in [0.15, 0.2) is 59.7 Å². The highest BCUT2D eigenvalue weighted by Gasteiger charge is 2.11. The molecular formula is C18H13N3O. The van der Waals surface area contributed by atoms with Crippen LogP contribution >= 0.6 is 0 Å². The van der Waals surface area contributed by atoms with Crippen LogP contribution in [0, 0.1) is 18.3 Å². The first-order valence-corrected chi connectivity index (χ1v) is 6.84. The second kappa shape index (κ2) is 5.66. The lowest BCUT2D eigenvalue weighted by atomic mass is 9.97. The van der Waals surface area contributed by atoms with Gasteiger partial charge in [0.2, 0.25) is 0 Å². The highest BCUT2D eigenvalue weighted by Crippen LogP contribution is 2.27. The molecule has 3 rings (SSSR count). The molecule has 0 saturated heterocycles. The van der Waals surface area contributed by atoms with Crippen LogP contribution in [-0.4, -0.2) is 9.97 Å². The maximum atomic E-state index is 11.9. The standard InChI is InChI=1S/C18H13N3O/c1-12-8-16(17(10-19)18(22)21-12)14-5-2-4-13(9-14)15-6-3-7-20-11-15/h2-9,11H,1H3,(H,21,22). The van der Waals surface area contributed by atoms with E-state index >= 15 is 0 Å². The molecule has 2 heterocycles. The van der Waals surface area contributed by atoms with E-state index in [2.05, 4.69) is 9.97 Å². The number of aromatic amines is 1. The molecule has 4 heteroatoms. The zero-order chi connectivity index (χ0) is 15.5. The minimum absolute atomic E-state index is 0.133. The Labute approximate surface area is 127 Å². The fraction of sp³-hybridized carbons (Fsp3) is 0.0556. The summed E-state index contributed by atoms with van der Waals surface area (Å²) in [5.41, 5.74) is 3.97. The maximum Gasteiger partial charge on any atom is 0.266 e. The van der Waals surface area contributed by atoms with E-state index in [0.717, 1.165) is 22.4 Å². The van der Waals surface area contributed by atoms with Gasteiger partial charge >= 0.3 is 0 Å². The first-order chi connectivity index (χ1) is 10.7. The summed E-state index contributed by atoms with van der Waals surface area (Å²) in [5, 5.41) is 9.26. The summed E-state index contributed by atoms with van der Waals surface area (Å²) in [6.45, 7) is 1.80. The van der Waals surface area contributed by atoms with E-state index in [9.17, 15) is 10.1 Å². The molecule has 0 aliphatic heterocycles. The van der Waals surface area contributed by atoms with Crippen molar-refractivity contribution >= 4 is 0 Å². The van der Waals surface area contributed by atoms with Gasteiger partial charge in [-0.25, -0.2) is 0 Å². The molecule has 0 bridgehead atoms. The number of pyridine rings is 2. The quantitative estimate of drug-likeness (QED) is 0.786. The number of aromatic nitrogens is 2. The number of nitrogens with zero attached hydrogens (tertiary/aromatic N) is 2. The first-order valence-electron chi connectivity index (χ1n) is 6.84. The lowest BCUT2D eigenvalue weighted by Gasteiger charge is -2.08. The van der Waals surface area contributed by atoms with Crippen molar-refractivity contribution < 1.29 is 0 Å². The predicted octanol–water partition coefficient (Wildman–Crippen LogP) is 3.28. The average Bonchev–Trinajstić information content (AvgIpc) is 2.55. The zero-order valence-corrected chi connectivity index (χ0v) is 12.0. The Kier molecular flexibility index (Phi) is 3.55. The fourth-order valence-electron chi connectivity index (χ4n) is 2.43. The van der Waals surface area contributed by atoms with Gasteiger partial charge in [0.1, 0.15) is 11.6 Å². The van der Waals surface area contributed by atoms with Gasteiger partial charge < -0.3 is 4.98 Å². The van der Waals surface area contributed by atoms with Gasteiger partial charge in [-0.3, -0.25) is 9.78 Å². The molecule has 106 valence electrons. The van der Waals surface area contributed by atoms with Gasteiger partial charge in [0.25, 0.3) is 5.56 Å². The largest absolute Gasteiger partial charge is 0.325 e. The summed E-state index contributed by atoms with van der Waals surface area (Å²) < 4.78 is 0. The van der Waals surface area contributed by atoms with Crippen molar-refractivity contribution in [3.8, 4) is 28.3 Å². The van der Waals surface area contributed by atoms with Crippen LogP contribution in [0.3, 0.4) is 0 Å². The molecule has 0 atom stereocenters. The number of aryl methyl sites for hydroxylation is 1. The number of nitriles is 1. The molecule has 4 nitrogen and oxygen atoms in total. The van der Waals surface area contributed by atoms with Gasteiger partial charge in [-0.2, -0.15) is 5.26 Å². The summed E-state index contributed by atoms with van der Waals surface area (Å²) in [6.07, 6.45) is 3.51. The van der Waals surface area contributed by atoms with Crippen LogP contribution in [0.5, 0.6) is 0 Å². The molecule has 2 aromatic heterocycles. The Morgan fingerprint density at radius 3 is 2.59 bits per heavy atom. The van der Waals surface area contributed by atoms with E-state index in [4.69, 9.17) is 0 Å². The molecule has 0 amide bonds. The third-order valence-electron chi connectivity index (χ3n) is 3.45. The Morgan fingerprint density at radius 2 is 1.86 bits per heavy atom. The Hall–Kier alpha value is -3.19. The Balaban J connectivity index is 2.19. The summed E-state index contributed by atoms with van der Waals surface area (Å²) in [6, 6.07) is 15.4. The fourth-order valence-corrected chi connectivity index (χ4v) is 2.43. The Bertz CT molecular complexity index is 921. The normalized spacial score (nSPS) is 10.2. The van der Waals surface area contributed by atoms with Crippen molar-refractivity contribution in [2.75, 3.05) is 0 Å². The lowest BCUT2D eigenvalue weighted by Crippen LogP contribution is -2.12. The van der Waals surface area contributed by atoms with Crippen LogP contribution in [0.1, 0.15) is 11.3 Å². The number of H-pyrrole nitrogens is 1. The number of benzene rings is 1. The van der Waals surface area contributed by atoms with E-state index in [0.29, 0.717) is 5.56 Å². The second-order valence-corrected chi connectivity index (χ2v) is 5.00. The van der Waals surface area contributed by atoms with Gasteiger partial charge in [-0.1, -0.05) is 24.3 Å². The molecule has 0 unspecified atom stereocenters. The van der Waals surface area contributed by atoms with E-state index in [1.807, 2.05) is 48.5 Å². The minimum Gasteiger partial charge on any atom is -0.325 e. The van der Waals surface area contributed by atoms with Crippen LogP contribution in [0.2, 0.25) is 0 Å². The molecule has 0 spiro atoms. The highest BCUT2D eigenvalue weighted by atomic mass is 16.1. The minimum atomic E-state index is -0.357. The Morgan fingerprint density at radius 1 is 1.09 bits per heavy atom. The van der Waals surface area contributed by atoms with Crippen LogP contribution in [-0.2, 0) is 0 Å². The van der Waals surface area contributed by atoms with E-state index in [1.54, 1.807) is 19.3 Å². The monoisotopic (exact) mass is 287 g/mol. The van der Waals surface area contributed by atoms with Gasteiger partial charge in [-0.05, 0) is 36.2 Å². The smallest absolute Gasteiger partial charge is 0.266 e. The van der Waals surface area contributed by atoms with Crippen molar-refractivity contribution in [1.82, 2.24) is 9.97 Å². The zero-order valence-electron chi connectivity index (χ0n) is 12.0. The second-order valence-electron chi connectivity index (χ2n) is 5.00. The van der Waals surface area contributed by atoms with Gasteiger partial charge in [0, 0.05) is 29.2 Å². The van der Waals surface area contributed by atoms with Crippen LogP contribution < -0.4 is 5.56 Å². The molecule has 0 aliphatic rings. The average molecular weight is 287 g/mol. The molecular weight excluding hydrogens is 274 g/mol. The summed E-state index contributed by atoms with van der Waals surface area (Å²) in [7, 11) is 0. The van der Waals surface area contributed by atoms with Gasteiger partial charge in [-0.15, -0.1) is 0 Å². The van der Waals surface area contributed by atoms with Crippen molar-refractivity contribution in [2.24, 2.45) is 0 Å². The molecule has 0 fully saturated rings. The number of rotatable bonds is 2. The number of hydrogen-bond acceptors (Lipinski definition) is 3. The first kappa shape index (κ1) is 13.8. The van der Waals surface area contributed by atoms with E-state index in [1.165, 1.54) is 0 Å². The topological polar surface area (TPSA) is 69.5 Å². The van der Waals surface area contributed by atoms with Crippen molar-refractivity contribution in [2.45, 2.75) is 6.92 Å². The lowest BCUT2D eigenvalue weighted by molar-refractivity contribution is 1.13. The predicted molar refractivity (Wildman–Crippen MR) is 85.2 cm³/mol. The molecule has 0 radical (unpaired) electrons. The SMILES string of the molecule is Cc1cc(-c2cccc(-c3cccnc3)c2)c(C#N)c(=O)[nH]1. The van der Waals surface area contributed by atoms with Crippen molar-refractivity contribution in [1.29, 1.82) is 5.26 Å². The molecule has 1 N–H and O–H groups in total. The molecule has 0 aliphatic carbocycles. The third kappa shape index (κ3) is 2.52. The van der Waals surface area contributed by atoms with Crippen molar-refractivity contribution in [3.05, 3.63) is 76.5 Å². The molecule has 3 aromatic rings. The van der Waals surface area contributed by atoms with E-state index < -0.39 is 0 Å². The number of nitrogens with one attached hydrogen (secondary N) is 1. The summed E-state index contributed by atoms with van der Waals surface area (Å²) in [4.78, 5) is 18.7. The molecule has 0 saturated carbocycles. The summed E-state index contributed by atoms with van der Waals surface area (Å²) >= 11 is 0. The van der Waals surface area contributed by atoms with Crippen molar-refractivity contribution in [3.63, 3.8) is 0 Å². The van der Waals surface area contributed by atoms with Crippen LogP contribution in [0.4, 0.5) is 0 Å². The van der Waals surface area contributed by atoms with Gasteiger partial charge in [0.05, 0.1) is 0 Å². The third-order valence-corrected chi connectivity index (χ3v) is 3.45. The molecule has 22 heavy (non-hydrogen) atoms. The number of hydrogen-bond donors (Lipinski definition) is 1. The van der Waals surface area contributed by atoms with Crippen LogP contribution in [0.25, 0.3) is 22.3 Å². The van der Waals surface area contributed by atoms with Gasteiger partial charge in [0.15, 0.2) is 0 Å². The maximum absolute atomic E-state index is 11.9. The highest BCUT2D eigenvalue weighted by molar-refractivity contribution is 5.76. The van der Waals surface area contributed by atoms with E-state index in [-0.39, 0.29) is 11.1 Å². The molecule has 1 aromatic carbocycles.